The molecule has 0 saturated carbocycles. The van der Waals surface area contributed by atoms with Crippen LogP contribution < -0.4 is 4.74 Å². The number of hydrogen-bond donors (Lipinski definition) is 0. The van der Waals surface area contributed by atoms with E-state index in [1.165, 1.54) is 0 Å². The molecule has 0 aromatic heterocycles. The highest BCUT2D eigenvalue weighted by Crippen LogP contribution is 2.13. The van der Waals surface area contributed by atoms with Crippen LogP contribution >= 0.6 is 0 Å². The minimum absolute atomic E-state index is 0.816. The summed E-state index contributed by atoms with van der Waals surface area (Å²) >= 11 is 0. The van der Waals surface area contributed by atoms with Gasteiger partial charge in [0.15, 0.2) is 0 Å². The molecule has 0 saturated heterocycles. The van der Waals surface area contributed by atoms with E-state index in [2.05, 4.69) is 11.3 Å². The van der Waals surface area contributed by atoms with Crippen LogP contribution in [-0.4, -0.2) is 14.2 Å². The molecule has 0 N–H and O–H groups in total. The lowest BCUT2D eigenvalue weighted by molar-refractivity contribution is 0.277. The lowest BCUT2D eigenvalue weighted by atomic mass is 10.3. The van der Waals surface area contributed by atoms with Crippen molar-refractivity contribution in [3.63, 3.8) is 0 Å². The number of allylic oxidation sites excluding steroid dienone is 4. The summed E-state index contributed by atoms with van der Waals surface area (Å²) in [6.07, 6.45) is 7.35. The van der Waals surface area contributed by atoms with Gasteiger partial charge in [0.2, 0.25) is 0 Å². The molecule has 1 aromatic carbocycles. The van der Waals surface area contributed by atoms with E-state index in [9.17, 15) is 0 Å². The van der Waals surface area contributed by atoms with Crippen LogP contribution in [0.4, 0.5) is 0 Å². The molecule has 1 aromatic rings. The van der Waals surface area contributed by atoms with Gasteiger partial charge in [0.25, 0.3) is 0 Å². The van der Waals surface area contributed by atoms with Crippen LogP contribution in [0.1, 0.15) is 6.92 Å². The van der Waals surface area contributed by atoms with E-state index in [1.54, 1.807) is 20.3 Å². The zero-order valence-corrected chi connectivity index (χ0v) is 10.7. The Bertz CT molecular complexity index is 350. The van der Waals surface area contributed by atoms with E-state index < -0.39 is 0 Å². The molecule has 1 rings (SSSR count). The number of rotatable bonds is 4. The highest BCUT2D eigenvalue weighted by molar-refractivity contribution is 5.26. The van der Waals surface area contributed by atoms with Crippen LogP contribution in [-0.2, 0) is 4.74 Å². The molecule has 0 amide bonds. The maximum atomic E-state index is 5.59. The SMILES string of the molecule is C=C/C=C\C(=C/C)Oc1ccccc1.COC. The van der Waals surface area contributed by atoms with Crippen LogP contribution in [0.3, 0.4) is 0 Å². The predicted octanol–water partition coefficient (Wildman–Crippen LogP) is 3.97. The predicted molar refractivity (Wildman–Crippen MR) is 73.1 cm³/mol. The quantitative estimate of drug-likeness (QED) is 0.577. The fourth-order valence-electron chi connectivity index (χ4n) is 0.977. The molecule has 0 bridgehead atoms. The summed E-state index contributed by atoms with van der Waals surface area (Å²) in [4.78, 5) is 0. The maximum Gasteiger partial charge on any atom is 0.127 e. The number of hydrogen-bond acceptors (Lipinski definition) is 2. The molecule has 17 heavy (non-hydrogen) atoms. The average Bonchev–Trinajstić information content (AvgIpc) is 2.36. The Balaban J connectivity index is 0.000000770. The van der Waals surface area contributed by atoms with Crippen molar-refractivity contribution in [2.45, 2.75) is 6.92 Å². The Hall–Kier alpha value is -1.80. The van der Waals surface area contributed by atoms with Gasteiger partial charge in [-0.05, 0) is 31.2 Å². The van der Waals surface area contributed by atoms with E-state index in [0.29, 0.717) is 0 Å². The second-order valence-electron chi connectivity index (χ2n) is 3.11. The van der Waals surface area contributed by atoms with E-state index in [-0.39, 0.29) is 0 Å². The Morgan fingerprint density at radius 2 is 1.76 bits per heavy atom. The van der Waals surface area contributed by atoms with Crippen molar-refractivity contribution in [1.82, 2.24) is 0 Å². The van der Waals surface area contributed by atoms with Gasteiger partial charge >= 0.3 is 0 Å². The molecule has 92 valence electrons. The first kappa shape index (κ1) is 15.2. The topological polar surface area (TPSA) is 18.5 Å². The summed E-state index contributed by atoms with van der Waals surface area (Å²) < 4.78 is 9.84. The molecule has 0 aliphatic carbocycles. The van der Waals surface area contributed by atoms with Gasteiger partial charge in [-0.2, -0.15) is 0 Å². The Labute approximate surface area is 104 Å². The first-order valence-corrected chi connectivity index (χ1v) is 5.37. The zero-order valence-electron chi connectivity index (χ0n) is 10.7. The van der Waals surface area contributed by atoms with Crippen molar-refractivity contribution in [3.8, 4) is 5.75 Å². The van der Waals surface area contributed by atoms with Gasteiger partial charge in [-0.3, -0.25) is 0 Å². The van der Waals surface area contributed by atoms with Gasteiger partial charge in [-0.15, -0.1) is 0 Å². The largest absolute Gasteiger partial charge is 0.458 e. The minimum Gasteiger partial charge on any atom is -0.458 e. The fourth-order valence-corrected chi connectivity index (χ4v) is 0.977. The molecular formula is C15H20O2. The highest BCUT2D eigenvalue weighted by atomic mass is 16.5. The Kier molecular flexibility index (Phi) is 9.58. The van der Waals surface area contributed by atoms with Gasteiger partial charge in [-0.25, -0.2) is 0 Å². The Morgan fingerprint density at radius 3 is 2.24 bits per heavy atom. The number of methoxy groups -OCH3 is 1. The van der Waals surface area contributed by atoms with Crippen molar-refractivity contribution >= 4 is 0 Å². The van der Waals surface area contributed by atoms with Gasteiger partial charge in [0, 0.05) is 14.2 Å². The monoisotopic (exact) mass is 232 g/mol. The molecule has 0 unspecified atom stereocenters. The van der Waals surface area contributed by atoms with E-state index in [1.807, 2.05) is 55.5 Å². The number of benzene rings is 1. The van der Waals surface area contributed by atoms with E-state index in [4.69, 9.17) is 4.74 Å². The molecule has 0 fully saturated rings. The molecule has 0 aliphatic rings. The fraction of sp³-hybridized carbons (Fsp3) is 0.200. The Morgan fingerprint density at radius 1 is 1.18 bits per heavy atom. The summed E-state index contributed by atoms with van der Waals surface area (Å²) in [6, 6.07) is 9.69. The first-order chi connectivity index (χ1) is 8.28. The average molecular weight is 232 g/mol. The van der Waals surface area contributed by atoms with Crippen molar-refractivity contribution in [3.05, 3.63) is 67.0 Å². The first-order valence-electron chi connectivity index (χ1n) is 5.37. The summed E-state index contributed by atoms with van der Waals surface area (Å²) in [5, 5.41) is 0. The standard InChI is InChI=1S/C13H14O.C2H6O/c1-3-5-9-12(4-2)14-13-10-7-6-8-11-13;1-3-2/h3-11H,1H2,2H3;1-2H3/b9-5-,12-4+;. The summed E-state index contributed by atoms with van der Waals surface area (Å²) in [7, 11) is 3.25. The summed E-state index contributed by atoms with van der Waals surface area (Å²) in [6.45, 7) is 5.54. The van der Waals surface area contributed by atoms with E-state index >= 15 is 0 Å². The van der Waals surface area contributed by atoms with Crippen molar-refractivity contribution in [2.75, 3.05) is 14.2 Å². The highest BCUT2D eigenvalue weighted by Gasteiger charge is 1.93. The third-order valence-corrected chi connectivity index (χ3v) is 1.66. The molecule has 0 spiro atoms. The third kappa shape index (κ3) is 8.05. The minimum atomic E-state index is 0.816. The van der Waals surface area contributed by atoms with Crippen LogP contribution in [0.2, 0.25) is 0 Å². The number of ether oxygens (including phenoxy) is 2. The lowest BCUT2D eigenvalue weighted by Crippen LogP contribution is -1.90. The molecule has 0 radical (unpaired) electrons. The van der Waals surface area contributed by atoms with Gasteiger partial charge in [0.1, 0.15) is 11.5 Å². The van der Waals surface area contributed by atoms with Crippen LogP contribution in [0.15, 0.2) is 67.0 Å². The zero-order chi connectivity index (χ0) is 12.9. The van der Waals surface area contributed by atoms with Crippen molar-refractivity contribution in [2.24, 2.45) is 0 Å². The van der Waals surface area contributed by atoms with Gasteiger partial charge < -0.3 is 9.47 Å². The molecule has 0 atom stereocenters. The second-order valence-corrected chi connectivity index (χ2v) is 3.11. The maximum absolute atomic E-state index is 5.59. The van der Waals surface area contributed by atoms with Crippen molar-refractivity contribution < 1.29 is 9.47 Å². The van der Waals surface area contributed by atoms with Gasteiger partial charge in [-0.1, -0.05) is 36.9 Å². The lowest BCUT2D eigenvalue weighted by Gasteiger charge is -2.04. The van der Waals surface area contributed by atoms with Crippen LogP contribution in [0.25, 0.3) is 0 Å². The third-order valence-electron chi connectivity index (χ3n) is 1.66. The van der Waals surface area contributed by atoms with E-state index in [0.717, 1.165) is 11.5 Å². The molecular weight excluding hydrogens is 212 g/mol. The molecule has 0 heterocycles. The molecule has 0 aliphatic heterocycles. The second kappa shape index (κ2) is 10.7. The molecule has 2 heteroatoms. The normalized spacial score (nSPS) is 10.6. The van der Waals surface area contributed by atoms with Crippen LogP contribution in [0, 0.1) is 0 Å². The summed E-state index contributed by atoms with van der Waals surface area (Å²) in [5.74, 6) is 1.66. The molecule has 2 nitrogen and oxygen atoms in total. The van der Waals surface area contributed by atoms with Gasteiger partial charge in [0.05, 0.1) is 0 Å². The number of para-hydroxylation sites is 1. The summed E-state index contributed by atoms with van der Waals surface area (Å²) in [5.41, 5.74) is 0. The van der Waals surface area contributed by atoms with Crippen molar-refractivity contribution in [1.29, 1.82) is 0 Å². The smallest absolute Gasteiger partial charge is 0.127 e. The van der Waals surface area contributed by atoms with Crippen LogP contribution in [0.5, 0.6) is 5.75 Å².